The van der Waals surface area contributed by atoms with Gasteiger partial charge in [0.1, 0.15) is 5.69 Å². The summed E-state index contributed by atoms with van der Waals surface area (Å²) in [5.41, 5.74) is 8.40. The van der Waals surface area contributed by atoms with Gasteiger partial charge >= 0.3 is 0 Å². The lowest BCUT2D eigenvalue weighted by atomic mass is 10.0. The molecule has 0 saturated carbocycles. The summed E-state index contributed by atoms with van der Waals surface area (Å²) in [7, 11) is 0. The lowest BCUT2D eigenvalue weighted by Crippen LogP contribution is -2.30. The van der Waals surface area contributed by atoms with Gasteiger partial charge in [-0.25, -0.2) is 4.98 Å². The predicted octanol–water partition coefficient (Wildman–Crippen LogP) is 2.65. The van der Waals surface area contributed by atoms with Crippen LogP contribution >= 0.6 is 27.3 Å². The first-order valence-electron chi connectivity index (χ1n) is 5.28. The number of hydrogen-bond acceptors (Lipinski definition) is 3. The molecule has 1 unspecified atom stereocenters. The molecule has 5 heteroatoms. The van der Waals surface area contributed by atoms with Gasteiger partial charge in [0, 0.05) is 34.6 Å². The number of thiophene rings is 1. The fraction of sp³-hybridized carbons (Fsp3) is 0.364. The van der Waals surface area contributed by atoms with Crippen molar-refractivity contribution in [2.45, 2.75) is 25.4 Å². The molecule has 3 rings (SSSR count). The van der Waals surface area contributed by atoms with E-state index in [1.807, 2.05) is 6.33 Å². The van der Waals surface area contributed by atoms with Crippen LogP contribution in [-0.4, -0.2) is 15.6 Å². The Hall–Kier alpha value is -0.650. The van der Waals surface area contributed by atoms with E-state index in [4.69, 9.17) is 5.73 Å². The minimum Gasteiger partial charge on any atom is -0.334 e. The van der Waals surface area contributed by atoms with E-state index >= 15 is 0 Å². The van der Waals surface area contributed by atoms with Gasteiger partial charge in [0.25, 0.3) is 0 Å². The molecule has 0 fully saturated rings. The quantitative estimate of drug-likeness (QED) is 0.879. The molecule has 0 aromatic carbocycles. The third kappa shape index (κ3) is 1.73. The normalized spacial score (nSPS) is 19.8. The maximum Gasteiger partial charge on any atom is 0.101 e. The molecule has 0 radical (unpaired) electrons. The molecule has 1 aliphatic rings. The molecule has 2 N–H and O–H groups in total. The van der Waals surface area contributed by atoms with Gasteiger partial charge in [-0.15, -0.1) is 11.3 Å². The molecular formula is C11H12BrN3S. The number of aryl methyl sites for hydroxylation is 1. The predicted molar refractivity (Wildman–Crippen MR) is 69.5 cm³/mol. The highest BCUT2D eigenvalue weighted by Gasteiger charge is 2.21. The molecule has 2 aromatic rings. The summed E-state index contributed by atoms with van der Waals surface area (Å²) in [5.74, 6) is 0. The highest BCUT2D eigenvalue weighted by atomic mass is 79.9. The summed E-state index contributed by atoms with van der Waals surface area (Å²) < 4.78 is 3.35. The number of imidazole rings is 1. The smallest absolute Gasteiger partial charge is 0.101 e. The molecule has 0 bridgehead atoms. The van der Waals surface area contributed by atoms with Crippen molar-refractivity contribution in [1.29, 1.82) is 0 Å². The monoisotopic (exact) mass is 297 g/mol. The topological polar surface area (TPSA) is 43.8 Å². The molecule has 2 aromatic heterocycles. The van der Waals surface area contributed by atoms with Crippen LogP contribution in [0, 0.1) is 0 Å². The standard InChI is InChI=1S/C11H12BrN3S/c12-7-3-10(16-5-7)11-9-4-8(13)1-2-15(9)6-14-11/h3,5-6,8H,1-2,4,13H2. The van der Waals surface area contributed by atoms with Gasteiger partial charge in [0.05, 0.1) is 11.2 Å². The maximum absolute atomic E-state index is 6.01. The lowest BCUT2D eigenvalue weighted by molar-refractivity contribution is 0.472. The van der Waals surface area contributed by atoms with Gasteiger partial charge in [-0.3, -0.25) is 0 Å². The largest absolute Gasteiger partial charge is 0.334 e. The highest BCUT2D eigenvalue weighted by Crippen LogP contribution is 2.32. The van der Waals surface area contributed by atoms with Crippen LogP contribution in [0.25, 0.3) is 10.6 Å². The fourth-order valence-corrected chi connectivity index (χ4v) is 3.56. The zero-order valence-electron chi connectivity index (χ0n) is 8.69. The first-order chi connectivity index (χ1) is 7.74. The van der Waals surface area contributed by atoms with Crippen LogP contribution in [0.4, 0.5) is 0 Å². The lowest BCUT2D eigenvalue weighted by Gasteiger charge is -2.20. The van der Waals surface area contributed by atoms with Crippen LogP contribution in [-0.2, 0) is 13.0 Å². The summed E-state index contributed by atoms with van der Waals surface area (Å²) in [5, 5.41) is 2.09. The minimum atomic E-state index is 0.284. The van der Waals surface area contributed by atoms with Crippen molar-refractivity contribution in [3.05, 3.63) is 27.9 Å². The zero-order chi connectivity index (χ0) is 11.1. The second kappa shape index (κ2) is 3.98. The van der Waals surface area contributed by atoms with Crippen LogP contribution < -0.4 is 5.73 Å². The Balaban J connectivity index is 2.06. The van der Waals surface area contributed by atoms with Crippen molar-refractivity contribution in [3.63, 3.8) is 0 Å². The molecule has 0 spiro atoms. The Morgan fingerprint density at radius 1 is 1.56 bits per heavy atom. The van der Waals surface area contributed by atoms with E-state index in [0.29, 0.717) is 0 Å². The van der Waals surface area contributed by atoms with Crippen molar-refractivity contribution in [2.75, 3.05) is 0 Å². The number of halogens is 1. The number of hydrogen-bond donors (Lipinski definition) is 1. The molecule has 84 valence electrons. The number of aromatic nitrogens is 2. The van der Waals surface area contributed by atoms with E-state index in [9.17, 15) is 0 Å². The van der Waals surface area contributed by atoms with Gasteiger partial charge in [0.2, 0.25) is 0 Å². The molecule has 0 aliphatic carbocycles. The van der Waals surface area contributed by atoms with Crippen molar-refractivity contribution in [3.8, 4) is 10.6 Å². The van der Waals surface area contributed by atoms with E-state index in [0.717, 1.165) is 29.6 Å². The van der Waals surface area contributed by atoms with Crippen LogP contribution in [0.1, 0.15) is 12.1 Å². The number of rotatable bonds is 1. The molecule has 0 amide bonds. The molecule has 1 aliphatic heterocycles. The average molecular weight is 298 g/mol. The third-order valence-electron chi connectivity index (χ3n) is 2.94. The molecule has 3 nitrogen and oxygen atoms in total. The second-order valence-corrected chi connectivity index (χ2v) is 5.94. The Kier molecular flexibility index (Phi) is 2.61. The van der Waals surface area contributed by atoms with Crippen molar-refractivity contribution in [2.24, 2.45) is 5.73 Å². The molecule has 0 saturated heterocycles. The second-order valence-electron chi connectivity index (χ2n) is 4.12. The Morgan fingerprint density at radius 3 is 3.19 bits per heavy atom. The van der Waals surface area contributed by atoms with E-state index < -0.39 is 0 Å². The third-order valence-corrected chi connectivity index (χ3v) is 4.64. The summed E-state index contributed by atoms with van der Waals surface area (Å²) in [6.07, 6.45) is 3.92. The van der Waals surface area contributed by atoms with E-state index in [-0.39, 0.29) is 6.04 Å². The first-order valence-corrected chi connectivity index (χ1v) is 6.95. The summed E-state index contributed by atoms with van der Waals surface area (Å²) in [6, 6.07) is 2.40. The number of nitrogens with two attached hydrogens (primary N) is 1. The number of fused-ring (bicyclic) bond motifs is 1. The Bertz CT molecular complexity index is 517. The fourth-order valence-electron chi connectivity index (χ4n) is 2.11. The summed E-state index contributed by atoms with van der Waals surface area (Å²) in [6.45, 7) is 0.996. The average Bonchev–Trinajstić information content (AvgIpc) is 2.83. The van der Waals surface area contributed by atoms with Crippen LogP contribution in [0.3, 0.4) is 0 Å². The van der Waals surface area contributed by atoms with Gasteiger partial charge in [-0.05, 0) is 28.4 Å². The van der Waals surface area contributed by atoms with Crippen molar-refractivity contribution >= 4 is 27.3 Å². The van der Waals surface area contributed by atoms with Gasteiger partial charge in [-0.1, -0.05) is 0 Å². The summed E-state index contributed by atoms with van der Waals surface area (Å²) >= 11 is 5.19. The van der Waals surface area contributed by atoms with Gasteiger partial charge in [0.15, 0.2) is 0 Å². The minimum absolute atomic E-state index is 0.284. The van der Waals surface area contributed by atoms with Crippen LogP contribution in [0.5, 0.6) is 0 Å². The van der Waals surface area contributed by atoms with E-state index in [1.165, 1.54) is 10.6 Å². The summed E-state index contributed by atoms with van der Waals surface area (Å²) in [4.78, 5) is 5.73. The molecular weight excluding hydrogens is 286 g/mol. The van der Waals surface area contributed by atoms with Crippen LogP contribution in [0.2, 0.25) is 0 Å². The SMILES string of the molecule is NC1CCn2cnc(-c3cc(Br)cs3)c2C1. The molecule has 3 heterocycles. The maximum atomic E-state index is 6.01. The van der Waals surface area contributed by atoms with Crippen molar-refractivity contribution < 1.29 is 0 Å². The van der Waals surface area contributed by atoms with E-state index in [2.05, 4.69) is 36.9 Å². The Labute approximate surface area is 106 Å². The van der Waals surface area contributed by atoms with Gasteiger partial charge < -0.3 is 10.3 Å². The van der Waals surface area contributed by atoms with E-state index in [1.54, 1.807) is 11.3 Å². The zero-order valence-corrected chi connectivity index (χ0v) is 11.1. The number of nitrogens with zero attached hydrogens (tertiary/aromatic N) is 2. The Morgan fingerprint density at radius 2 is 2.44 bits per heavy atom. The highest BCUT2D eigenvalue weighted by molar-refractivity contribution is 9.10. The van der Waals surface area contributed by atoms with Crippen LogP contribution in [0.15, 0.2) is 22.2 Å². The van der Waals surface area contributed by atoms with Gasteiger partial charge in [-0.2, -0.15) is 0 Å². The first kappa shape index (κ1) is 10.5. The van der Waals surface area contributed by atoms with Crippen molar-refractivity contribution in [1.82, 2.24) is 9.55 Å². The molecule has 16 heavy (non-hydrogen) atoms. The molecule has 1 atom stereocenters.